The molecule has 4 rings (SSSR count). The maximum Gasteiger partial charge on any atom is 0.418 e. The number of amides is 1. The zero-order chi connectivity index (χ0) is 29.1. The number of ether oxygens (including phenoxy) is 3. The van der Waals surface area contributed by atoms with E-state index in [4.69, 9.17) is 14.2 Å². The normalized spacial score (nSPS) is 12.0. The van der Waals surface area contributed by atoms with Gasteiger partial charge in [-0.3, -0.25) is 5.32 Å². The van der Waals surface area contributed by atoms with Crippen molar-refractivity contribution < 1.29 is 41.0 Å². The van der Waals surface area contributed by atoms with E-state index in [1.807, 2.05) is 0 Å². The minimum absolute atomic E-state index is 0.124. The average Bonchev–Trinajstić information content (AvgIpc) is 3.24. The molecule has 212 valence electrons. The van der Waals surface area contributed by atoms with Gasteiger partial charge in [-0.15, -0.1) is 0 Å². The van der Waals surface area contributed by atoms with Crippen LogP contribution in [0.2, 0.25) is 25.7 Å². The second kappa shape index (κ2) is 11.6. The van der Waals surface area contributed by atoms with E-state index < -0.39 is 54.4 Å². The van der Waals surface area contributed by atoms with Crippen LogP contribution in [0.5, 0.6) is 17.2 Å². The molecule has 13 heteroatoms. The Balaban J connectivity index is 1.59. The molecule has 0 fully saturated rings. The Labute approximate surface area is 227 Å². The van der Waals surface area contributed by atoms with E-state index in [1.54, 1.807) is 18.2 Å². The first-order valence-electron chi connectivity index (χ1n) is 12.2. The second-order valence-corrected chi connectivity index (χ2v) is 15.7. The maximum absolute atomic E-state index is 14.9. The Morgan fingerprint density at radius 2 is 1.73 bits per heavy atom. The van der Waals surface area contributed by atoms with Crippen molar-refractivity contribution in [1.82, 2.24) is 9.55 Å². The lowest BCUT2D eigenvalue weighted by atomic mass is 10.2. The molecule has 0 aliphatic carbocycles. The standard InChI is InChI=1S/C27H26F5N3O4Si/c1-40(2,3)12-11-37-16-35-15-19(27(30,31)32)23-22(9-10-33-25(23)35)39-24-20(28)13-17(14-21(24)29)34-26(36)38-18-7-5-4-6-8-18/h4-10,13-15H,11-12,16H2,1-3H3,(H,34,36). The molecule has 7 nitrogen and oxygen atoms in total. The first kappa shape index (κ1) is 29.0. The molecule has 0 aliphatic rings. The van der Waals surface area contributed by atoms with Gasteiger partial charge in [-0.1, -0.05) is 37.8 Å². The number of nitrogens with zero attached hydrogens (tertiary/aromatic N) is 2. The minimum Gasteiger partial charge on any atom is -0.450 e. The van der Waals surface area contributed by atoms with Gasteiger partial charge in [0.05, 0.1) is 16.6 Å². The summed E-state index contributed by atoms with van der Waals surface area (Å²) >= 11 is 0. The van der Waals surface area contributed by atoms with Crippen LogP contribution in [0.15, 0.2) is 60.9 Å². The number of carbonyl (C=O) groups excluding carboxylic acids is 1. The number of carbonyl (C=O) groups is 1. The number of rotatable bonds is 9. The van der Waals surface area contributed by atoms with Gasteiger partial charge in [-0.25, -0.2) is 18.6 Å². The van der Waals surface area contributed by atoms with Gasteiger partial charge in [0, 0.05) is 39.2 Å². The molecule has 1 N–H and O–H groups in total. The van der Waals surface area contributed by atoms with Crippen LogP contribution in [-0.2, 0) is 17.6 Å². The lowest BCUT2D eigenvalue weighted by molar-refractivity contribution is -0.136. The van der Waals surface area contributed by atoms with E-state index in [0.717, 1.165) is 30.4 Å². The Morgan fingerprint density at radius 1 is 1.05 bits per heavy atom. The molecule has 2 aromatic carbocycles. The molecular weight excluding hydrogens is 553 g/mol. The number of hydrogen-bond donors (Lipinski definition) is 1. The van der Waals surface area contributed by atoms with Gasteiger partial charge >= 0.3 is 12.3 Å². The number of nitrogens with one attached hydrogen (secondary N) is 1. The predicted molar refractivity (Wildman–Crippen MR) is 141 cm³/mol. The molecule has 0 spiro atoms. The van der Waals surface area contributed by atoms with Crippen LogP contribution < -0.4 is 14.8 Å². The van der Waals surface area contributed by atoms with E-state index in [0.29, 0.717) is 6.61 Å². The van der Waals surface area contributed by atoms with Crippen molar-refractivity contribution in [3.05, 3.63) is 78.1 Å². The van der Waals surface area contributed by atoms with Crippen LogP contribution in [0, 0.1) is 11.6 Å². The smallest absolute Gasteiger partial charge is 0.418 e. The van der Waals surface area contributed by atoms with Crippen LogP contribution in [0.4, 0.5) is 32.4 Å². The second-order valence-electron chi connectivity index (χ2n) is 10.1. The Kier molecular flexibility index (Phi) is 8.44. The molecule has 0 bridgehead atoms. The number of pyridine rings is 1. The summed E-state index contributed by atoms with van der Waals surface area (Å²) in [4.78, 5) is 16.1. The topological polar surface area (TPSA) is 74.6 Å². The van der Waals surface area contributed by atoms with Gasteiger partial charge in [0.1, 0.15) is 23.9 Å². The molecular formula is C27H26F5N3O4Si. The molecule has 0 radical (unpaired) electrons. The van der Waals surface area contributed by atoms with Crippen molar-refractivity contribution in [3.63, 3.8) is 0 Å². The number of benzene rings is 2. The summed E-state index contributed by atoms with van der Waals surface area (Å²) in [6, 6.07) is 11.4. The first-order valence-corrected chi connectivity index (χ1v) is 15.9. The number of aromatic nitrogens is 2. The summed E-state index contributed by atoms with van der Waals surface area (Å²) in [5.74, 6) is -3.73. The first-order chi connectivity index (χ1) is 18.8. The maximum atomic E-state index is 14.9. The number of hydrogen-bond acceptors (Lipinski definition) is 5. The fourth-order valence-electron chi connectivity index (χ4n) is 3.70. The largest absolute Gasteiger partial charge is 0.450 e. The van der Waals surface area contributed by atoms with Gasteiger partial charge < -0.3 is 18.8 Å². The molecule has 0 saturated heterocycles. The lowest BCUT2D eigenvalue weighted by Gasteiger charge is -2.15. The molecule has 2 heterocycles. The molecule has 1 amide bonds. The van der Waals surface area contributed by atoms with Gasteiger partial charge in [-0.2, -0.15) is 13.2 Å². The lowest BCUT2D eigenvalue weighted by Crippen LogP contribution is -2.22. The number of halogens is 5. The molecule has 2 aromatic heterocycles. The van der Waals surface area contributed by atoms with Crippen LogP contribution in [0.3, 0.4) is 0 Å². The highest BCUT2D eigenvalue weighted by Crippen LogP contribution is 2.42. The summed E-state index contributed by atoms with van der Waals surface area (Å²) in [5, 5.41) is 1.71. The summed E-state index contributed by atoms with van der Waals surface area (Å²) in [5.41, 5.74) is -1.51. The quantitative estimate of drug-likeness (QED) is 0.123. The van der Waals surface area contributed by atoms with E-state index in [9.17, 15) is 26.7 Å². The molecule has 0 saturated carbocycles. The molecule has 0 unspecified atom stereocenters. The van der Waals surface area contributed by atoms with Crippen molar-refractivity contribution in [2.75, 3.05) is 11.9 Å². The van der Waals surface area contributed by atoms with Crippen molar-refractivity contribution in [2.24, 2.45) is 0 Å². The third kappa shape index (κ3) is 7.15. The fourth-order valence-corrected chi connectivity index (χ4v) is 4.46. The van der Waals surface area contributed by atoms with Crippen LogP contribution in [-0.4, -0.2) is 30.3 Å². The van der Waals surface area contributed by atoms with Crippen LogP contribution in [0.25, 0.3) is 11.0 Å². The molecule has 4 aromatic rings. The highest BCUT2D eigenvalue weighted by molar-refractivity contribution is 6.76. The minimum atomic E-state index is -4.81. The summed E-state index contributed by atoms with van der Waals surface area (Å²) < 4.78 is 88.8. The van der Waals surface area contributed by atoms with Crippen molar-refractivity contribution in [1.29, 1.82) is 0 Å². The summed E-state index contributed by atoms with van der Waals surface area (Å²) in [6.07, 6.45) is -3.82. The monoisotopic (exact) mass is 579 g/mol. The number of fused-ring (bicyclic) bond motifs is 1. The van der Waals surface area contributed by atoms with Gasteiger partial charge in [-0.05, 0) is 24.2 Å². The number of para-hydroxylation sites is 1. The van der Waals surface area contributed by atoms with Crippen molar-refractivity contribution in [3.8, 4) is 17.2 Å². The van der Waals surface area contributed by atoms with E-state index >= 15 is 0 Å². The van der Waals surface area contributed by atoms with Crippen LogP contribution in [0.1, 0.15) is 5.56 Å². The number of alkyl halides is 3. The van der Waals surface area contributed by atoms with Gasteiger partial charge in [0.25, 0.3) is 0 Å². The summed E-state index contributed by atoms with van der Waals surface area (Å²) in [7, 11) is -1.42. The van der Waals surface area contributed by atoms with E-state index in [1.165, 1.54) is 22.9 Å². The predicted octanol–water partition coefficient (Wildman–Crippen LogP) is 8.05. The fraction of sp³-hybridized carbons (Fsp3) is 0.259. The zero-order valence-electron chi connectivity index (χ0n) is 21.8. The van der Waals surface area contributed by atoms with Crippen molar-refractivity contribution >= 4 is 30.9 Å². The highest BCUT2D eigenvalue weighted by Gasteiger charge is 2.37. The van der Waals surface area contributed by atoms with Crippen molar-refractivity contribution in [2.45, 2.75) is 38.6 Å². The Bertz CT molecular complexity index is 1480. The molecule has 40 heavy (non-hydrogen) atoms. The van der Waals surface area contributed by atoms with E-state index in [-0.39, 0.29) is 23.8 Å². The van der Waals surface area contributed by atoms with Gasteiger partial charge in [0.2, 0.25) is 0 Å². The Morgan fingerprint density at radius 3 is 2.35 bits per heavy atom. The van der Waals surface area contributed by atoms with Crippen LogP contribution >= 0.6 is 0 Å². The number of anilines is 1. The Hall–Kier alpha value is -3.97. The highest BCUT2D eigenvalue weighted by atomic mass is 28.3. The van der Waals surface area contributed by atoms with E-state index in [2.05, 4.69) is 29.9 Å². The SMILES string of the molecule is C[Si](C)(C)CCOCn1cc(C(F)(F)F)c2c(Oc3c(F)cc(NC(=O)Oc4ccccc4)cc3F)ccnc21. The average molecular weight is 580 g/mol. The summed E-state index contributed by atoms with van der Waals surface area (Å²) in [6.45, 7) is 6.60. The zero-order valence-corrected chi connectivity index (χ0v) is 22.8. The molecule has 0 atom stereocenters. The third-order valence-electron chi connectivity index (χ3n) is 5.66. The third-order valence-corrected chi connectivity index (χ3v) is 7.37. The molecule has 0 aliphatic heterocycles. The van der Waals surface area contributed by atoms with Gasteiger partial charge in [0.15, 0.2) is 17.4 Å².